The molecule has 46 heavy (non-hydrogen) atoms. The van der Waals surface area contributed by atoms with Gasteiger partial charge in [0.15, 0.2) is 23.4 Å². The highest BCUT2D eigenvalue weighted by molar-refractivity contribution is 5.90. The van der Waals surface area contributed by atoms with E-state index in [-0.39, 0.29) is 47.2 Å². The Hall–Kier alpha value is -5.22. The molecule has 236 valence electrons. The van der Waals surface area contributed by atoms with Crippen LogP contribution in [0.25, 0.3) is 11.6 Å². The van der Waals surface area contributed by atoms with Crippen LogP contribution < -0.4 is 20.7 Å². The largest absolute Gasteiger partial charge is 0.469 e. The van der Waals surface area contributed by atoms with Gasteiger partial charge >= 0.3 is 0 Å². The number of carbonyl (C=O) groups is 2. The Bertz CT molecular complexity index is 1930. The highest BCUT2D eigenvalue weighted by atomic mass is 19.1. The lowest BCUT2D eigenvalue weighted by Crippen LogP contribution is -2.52. The van der Waals surface area contributed by atoms with Gasteiger partial charge in [0.05, 0.1) is 0 Å². The van der Waals surface area contributed by atoms with E-state index >= 15 is 4.39 Å². The lowest BCUT2D eigenvalue weighted by molar-refractivity contribution is -0.135. The van der Waals surface area contributed by atoms with Gasteiger partial charge in [-0.3, -0.25) is 9.59 Å². The summed E-state index contributed by atoms with van der Waals surface area (Å²) in [5.41, 5.74) is 1.29. The normalized spacial score (nSPS) is 23.3. The number of amides is 2. The summed E-state index contributed by atoms with van der Waals surface area (Å²) in [7, 11) is 0. The lowest BCUT2D eigenvalue weighted by Gasteiger charge is -2.29. The number of aliphatic hydroxyl groups excluding tert-OH is 1. The Labute approximate surface area is 263 Å². The fraction of sp³-hybridized carbons (Fsp3) is 0.364. The minimum atomic E-state index is -1.32. The van der Waals surface area contributed by atoms with E-state index in [9.17, 15) is 20.0 Å². The third-order valence-corrected chi connectivity index (χ3v) is 8.83. The molecular weight excluding hydrogens is 595 g/mol. The van der Waals surface area contributed by atoms with Crippen LogP contribution in [0.1, 0.15) is 67.8 Å². The maximum absolute atomic E-state index is 15.0. The lowest BCUT2D eigenvalue weighted by atomic mass is 9.72. The van der Waals surface area contributed by atoms with Crippen molar-refractivity contribution in [1.82, 2.24) is 20.6 Å². The zero-order valence-electron chi connectivity index (χ0n) is 25.4. The molecule has 5 atom stereocenters. The summed E-state index contributed by atoms with van der Waals surface area (Å²) in [4.78, 5) is 36.0. The van der Waals surface area contributed by atoms with Gasteiger partial charge in [0.25, 0.3) is 0 Å². The number of hydrogen-bond donors (Lipinski definition) is 4. The highest BCUT2D eigenvalue weighted by Gasteiger charge is 2.61. The van der Waals surface area contributed by atoms with E-state index in [2.05, 4.69) is 20.9 Å². The van der Waals surface area contributed by atoms with Gasteiger partial charge in [0, 0.05) is 23.2 Å². The molecule has 2 aromatic heterocycles. The number of anilines is 1. The molecule has 4 aromatic rings. The SMILES string of the molecule is CC(C)[C@H](O)C(=O)N[C@H]1Cc2ccc3c(c2)[C@@]2(c4cc(F)ccc4N[C@@H]2O3)c2oc(nc2-c2nc(C#N)co2)[C@H](C(C)C)NC1=O. The van der Waals surface area contributed by atoms with Gasteiger partial charge < -0.3 is 34.6 Å². The molecule has 2 aromatic carbocycles. The number of hydrogen-bond acceptors (Lipinski definition) is 10. The number of benzene rings is 2. The van der Waals surface area contributed by atoms with Crippen LogP contribution in [-0.4, -0.2) is 45.3 Å². The molecule has 5 heterocycles. The first-order valence-corrected chi connectivity index (χ1v) is 15.0. The second kappa shape index (κ2) is 10.7. The Morgan fingerprint density at radius 2 is 1.96 bits per heavy atom. The average Bonchev–Trinajstić information content (AvgIpc) is 3.79. The first-order valence-electron chi connectivity index (χ1n) is 15.0. The molecule has 0 saturated heterocycles. The van der Waals surface area contributed by atoms with Crippen LogP contribution in [0.2, 0.25) is 0 Å². The molecule has 3 aliphatic heterocycles. The number of ether oxygens (including phenoxy) is 1. The summed E-state index contributed by atoms with van der Waals surface area (Å²) >= 11 is 0. The Balaban J connectivity index is 1.50. The van der Waals surface area contributed by atoms with Crippen LogP contribution in [0.15, 0.2) is 51.5 Å². The summed E-state index contributed by atoms with van der Waals surface area (Å²) in [6.45, 7) is 7.16. The van der Waals surface area contributed by atoms with Crippen LogP contribution >= 0.6 is 0 Å². The minimum Gasteiger partial charge on any atom is -0.469 e. The number of nitrogens with zero attached hydrogens (tertiary/aromatic N) is 3. The van der Waals surface area contributed by atoms with Gasteiger partial charge in [-0.1, -0.05) is 39.8 Å². The molecule has 0 saturated carbocycles. The molecule has 12 nitrogen and oxygen atoms in total. The fourth-order valence-electron chi connectivity index (χ4n) is 6.46. The topological polar surface area (TPSA) is 176 Å². The summed E-state index contributed by atoms with van der Waals surface area (Å²) in [5, 5.41) is 29.0. The molecule has 0 unspecified atom stereocenters. The summed E-state index contributed by atoms with van der Waals surface area (Å²) in [6, 6.07) is 9.86. The van der Waals surface area contributed by atoms with E-state index in [0.29, 0.717) is 28.1 Å². The number of carbonyl (C=O) groups excluding carboxylic acids is 2. The van der Waals surface area contributed by atoms with Crippen LogP contribution in [0.5, 0.6) is 5.75 Å². The number of aromatic nitrogens is 2. The zero-order valence-corrected chi connectivity index (χ0v) is 25.4. The van der Waals surface area contributed by atoms with Crippen molar-refractivity contribution in [3.05, 3.63) is 82.5 Å². The molecule has 0 aliphatic carbocycles. The van der Waals surface area contributed by atoms with Crippen LogP contribution in [0, 0.1) is 29.0 Å². The molecule has 7 rings (SSSR count). The van der Waals surface area contributed by atoms with Crippen LogP contribution in [-0.2, 0) is 21.4 Å². The number of oxazole rings is 2. The maximum atomic E-state index is 15.0. The Kier molecular flexibility index (Phi) is 6.86. The Morgan fingerprint density at radius 3 is 2.67 bits per heavy atom. The summed E-state index contributed by atoms with van der Waals surface area (Å²) < 4.78 is 33.9. The Morgan fingerprint density at radius 1 is 1.15 bits per heavy atom. The monoisotopic (exact) mass is 626 g/mol. The zero-order chi connectivity index (χ0) is 32.5. The predicted molar refractivity (Wildman–Crippen MR) is 160 cm³/mol. The molecule has 13 heteroatoms. The molecule has 2 amide bonds. The smallest absolute Gasteiger partial charge is 0.250 e. The second-order valence-electron chi connectivity index (χ2n) is 12.5. The second-order valence-corrected chi connectivity index (χ2v) is 12.5. The van der Waals surface area contributed by atoms with E-state index < -0.39 is 47.5 Å². The van der Waals surface area contributed by atoms with E-state index in [0.717, 1.165) is 0 Å². The summed E-state index contributed by atoms with van der Waals surface area (Å²) in [6.07, 6.45) is -0.838. The van der Waals surface area contributed by atoms with E-state index in [1.165, 1.54) is 18.4 Å². The average molecular weight is 627 g/mol. The van der Waals surface area contributed by atoms with E-state index in [4.69, 9.17) is 18.6 Å². The number of aliphatic hydroxyl groups is 1. The van der Waals surface area contributed by atoms with Crippen molar-refractivity contribution in [3.8, 4) is 23.4 Å². The van der Waals surface area contributed by atoms with Crippen molar-refractivity contribution in [2.24, 2.45) is 11.8 Å². The van der Waals surface area contributed by atoms with Crippen LogP contribution in [0.3, 0.4) is 0 Å². The van der Waals surface area contributed by atoms with Gasteiger partial charge in [0.1, 0.15) is 47.5 Å². The number of halogens is 1. The van der Waals surface area contributed by atoms with Crippen molar-refractivity contribution < 1.29 is 32.7 Å². The first kappa shape index (κ1) is 29.5. The molecule has 0 radical (unpaired) electrons. The van der Waals surface area contributed by atoms with Crippen molar-refractivity contribution in [2.45, 2.75) is 63.9 Å². The summed E-state index contributed by atoms with van der Waals surface area (Å²) in [5.74, 6) is -1.45. The predicted octanol–water partition coefficient (Wildman–Crippen LogP) is 3.69. The first-order chi connectivity index (χ1) is 22.0. The maximum Gasteiger partial charge on any atom is 0.250 e. The number of rotatable bonds is 5. The molecular formula is C33H31FN6O6. The minimum absolute atomic E-state index is 0.000602. The number of fused-ring (bicyclic) bond motifs is 4. The third-order valence-electron chi connectivity index (χ3n) is 8.83. The van der Waals surface area contributed by atoms with E-state index in [1.807, 2.05) is 26.0 Å². The van der Waals surface area contributed by atoms with Crippen LogP contribution in [0.4, 0.5) is 10.1 Å². The van der Waals surface area contributed by atoms with Gasteiger partial charge in [0.2, 0.25) is 23.6 Å². The molecule has 1 spiro atoms. The molecule has 4 N–H and O–H groups in total. The standard InChI is InChI=1S/C33H31FN6O6/c1-14(2)24-31-40-25(30-36-18(12-35)13-44-30)27(46-31)33-19-11-17(34)6-7-21(19)38-32(33)45-23-8-5-16(9-20(23)33)10-22(28(42)39-24)37-29(43)26(41)15(3)4/h5-9,11,13-15,22,24,26,32,38,41H,10H2,1-4H3,(H,37,43)(H,39,42)/t22-,24-,26-,32+,33-/m0/s1. The quantitative estimate of drug-likeness (QED) is 0.256. The van der Waals surface area contributed by atoms with Crippen molar-refractivity contribution >= 4 is 17.5 Å². The molecule has 3 aliphatic rings. The van der Waals surface area contributed by atoms with Gasteiger partial charge in [-0.15, -0.1) is 0 Å². The van der Waals surface area contributed by atoms with Gasteiger partial charge in [-0.25, -0.2) is 9.37 Å². The van der Waals surface area contributed by atoms with Crippen molar-refractivity contribution in [1.29, 1.82) is 5.26 Å². The molecule has 4 bridgehead atoms. The van der Waals surface area contributed by atoms with Crippen molar-refractivity contribution in [3.63, 3.8) is 0 Å². The van der Waals surface area contributed by atoms with Crippen molar-refractivity contribution in [2.75, 3.05) is 5.32 Å². The van der Waals surface area contributed by atoms with Gasteiger partial charge in [-0.05, 0) is 41.7 Å². The third kappa shape index (κ3) is 4.43. The number of nitriles is 1. The number of nitrogens with one attached hydrogen (secondary N) is 3. The van der Waals surface area contributed by atoms with E-state index in [1.54, 1.807) is 32.0 Å². The fourth-order valence-corrected chi connectivity index (χ4v) is 6.46. The highest BCUT2D eigenvalue weighted by Crippen LogP contribution is 2.59. The van der Waals surface area contributed by atoms with Gasteiger partial charge in [-0.2, -0.15) is 10.2 Å². The molecule has 0 fully saturated rings.